The maximum absolute atomic E-state index is 12.6. The second kappa shape index (κ2) is 6.02. The summed E-state index contributed by atoms with van der Waals surface area (Å²) in [5.41, 5.74) is 3.44. The van der Waals surface area contributed by atoms with Crippen molar-refractivity contribution in [1.29, 1.82) is 0 Å². The summed E-state index contributed by atoms with van der Waals surface area (Å²) in [6.45, 7) is 5.08. The number of nitrogens with one attached hydrogen (secondary N) is 2. The van der Waals surface area contributed by atoms with E-state index >= 15 is 0 Å². The minimum Gasteiger partial charge on any atom is -0.390 e. The number of benzene rings is 1. The fourth-order valence-corrected chi connectivity index (χ4v) is 2.87. The van der Waals surface area contributed by atoms with E-state index in [1.54, 1.807) is 0 Å². The van der Waals surface area contributed by atoms with Gasteiger partial charge in [-0.2, -0.15) is 0 Å². The van der Waals surface area contributed by atoms with Crippen molar-refractivity contribution in [2.45, 2.75) is 32.4 Å². The fraction of sp³-hybridized carbons (Fsp3) is 0.412. The molecule has 0 radical (unpaired) electrons. The lowest BCUT2D eigenvalue weighted by Crippen LogP contribution is -2.42. The highest BCUT2D eigenvalue weighted by atomic mass is 16.3. The predicted octanol–water partition coefficient (Wildman–Crippen LogP) is 1.17. The van der Waals surface area contributed by atoms with Crippen LogP contribution in [0.15, 0.2) is 24.3 Å². The minimum atomic E-state index is -0.538. The molecule has 116 valence electrons. The highest BCUT2D eigenvalue weighted by Crippen LogP contribution is 2.21. The summed E-state index contributed by atoms with van der Waals surface area (Å²) >= 11 is 0. The first-order valence-corrected chi connectivity index (χ1v) is 7.68. The van der Waals surface area contributed by atoms with Crippen molar-refractivity contribution in [2.24, 2.45) is 0 Å². The van der Waals surface area contributed by atoms with Crippen molar-refractivity contribution >= 4 is 16.8 Å². The van der Waals surface area contributed by atoms with Gasteiger partial charge in [0.05, 0.1) is 23.2 Å². The van der Waals surface area contributed by atoms with Crippen LogP contribution in [0.1, 0.15) is 28.5 Å². The second-order valence-electron chi connectivity index (χ2n) is 5.82. The standard InChI is InChI=1S/C17H21N3O2/c1-3-11-4-5-14-12(7-11)13(6-10(2)19-14)17(22)20-15-8-18-9-16(15)21/h4-7,15-16,18,21H,3,8-9H2,1-2H3,(H,20,22). The molecule has 3 N–H and O–H groups in total. The van der Waals surface area contributed by atoms with Crippen molar-refractivity contribution in [3.05, 3.63) is 41.1 Å². The Morgan fingerprint density at radius 1 is 1.41 bits per heavy atom. The van der Waals surface area contributed by atoms with Gasteiger partial charge in [-0.3, -0.25) is 9.78 Å². The molecule has 1 aromatic carbocycles. The zero-order chi connectivity index (χ0) is 15.7. The molecule has 1 aliphatic heterocycles. The number of nitrogens with zero attached hydrogens (tertiary/aromatic N) is 1. The minimum absolute atomic E-state index is 0.156. The number of aliphatic hydroxyl groups excluding tert-OH is 1. The SMILES string of the molecule is CCc1ccc2nc(C)cc(C(=O)NC3CNCC3O)c2c1. The molecule has 0 bridgehead atoms. The van der Waals surface area contributed by atoms with Gasteiger partial charge in [0, 0.05) is 24.2 Å². The summed E-state index contributed by atoms with van der Waals surface area (Å²) in [5, 5.41) is 16.7. The number of aromatic nitrogens is 1. The van der Waals surface area contributed by atoms with E-state index in [2.05, 4.69) is 22.5 Å². The molecule has 22 heavy (non-hydrogen) atoms. The maximum atomic E-state index is 12.6. The molecule has 1 fully saturated rings. The number of pyridine rings is 1. The van der Waals surface area contributed by atoms with Crippen molar-refractivity contribution in [3.63, 3.8) is 0 Å². The van der Waals surface area contributed by atoms with Gasteiger partial charge in [0.1, 0.15) is 0 Å². The molecule has 0 aliphatic carbocycles. The van der Waals surface area contributed by atoms with Crippen molar-refractivity contribution in [3.8, 4) is 0 Å². The Hall–Kier alpha value is -1.98. The number of carbonyl (C=O) groups is 1. The fourth-order valence-electron chi connectivity index (χ4n) is 2.87. The van der Waals surface area contributed by atoms with Gasteiger partial charge in [0.15, 0.2) is 0 Å². The summed E-state index contributed by atoms with van der Waals surface area (Å²) in [7, 11) is 0. The summed E-state index contributed by atoms with van der Waals surface area (Å²) in [6.07, 6.45) is 0.375. The highest BCUT2D eigenvalue weighted by Gasteiger charge is 2.27. The Balaban J connectivity index is 1.99. The number of amides is 1. The van der Waals surface area contributed by atoms with E-state index in [4.69, 9.17) is 0 Å². The van der Waals surface area contributed by atoms with Crippen molar-refractivity contribution < 1.29 is 9.90 Å². The highest BCUT2D eigenvalue weighted by molar-refractivity contribution is 6.06. The summed E-state index contributed by atoms with van der Waals surface area (Å²) in [6, 6.07) is 7.60. The van der Waals surface area contributed by atoms with E-state index in [1.165, 1.54) is 5.56 Å². The van der Waals surface area contributed by atoms with E-state index in [1.807, 2.05) is 31.2 Å². The Morgan fingerprint density at radius 2 is 2.23 bits per heavy atom. The summed E-state index contributed by atoms with van der Waals surface area (Å²) < 4.78 is 0. The molecule has 1 aliphatic rings. The monoisotopic (exact) mass is 299 g/mol. The van der Waals surface area contributed by atoms with Crippen LogP contribution < -0.4 is 10.6 Å². The predicted molar refractivity (Wildman–Crippen MR) is 86.0 cm³/mol. The molecule has 0 spiro atoms. The molecule has 3 rings (SSSR count). The number of aliphatic hydroxyl groups is 1. The lowest BCUT2D eigenvalue weighted by Gasteiger charge is -2.16. The number of hydrogen-bond acceptors (Lipinski definition) is 4. The van der Waals surface area contributed by atoms with E-state index < -0.39 is 6.10 Å². The molecular formula is C17H21N3O2. The molecular weight excluding hydrogens is 278 g/mol. The lowest BCUT2D eigenvalue weighted by atomic mass is 10.0. The number of β-amino-alcohol motifs (C(OH)–C–C–N with tert-alkyl or cyclic N) is 1. The smallest absolute Gasteiger partial charge is 0.252 e. The largest absolute Gasteiger partial charge is 0.390 e. The van der Waals surface area contributed by atoms with Gasteiger partial charge in [-0.1, -0.05) is 13.0 Å². The van der Waals surface area contributed by atoms with Crippen LogP contribution in [0.25, 0.3) is 10.9 Å². The molecule has 5 nitrogen and oxygen atoms in total. The number of aryl methyl sites for hydroxylation is 2. The van der Waals surface area contributed by atoms with Crippen molar-refractivity contribution in [1.82, 2.24) is 15.6 Å². The maximum Gasteiger partial charge on any atom is 0.252 e. The van der Waals surface area contributed by atoms with Gasteiger partial charge >= 0.3 is 0 Å². The summed E-state index contributed by atoms with van der Waals surface area (Å²) in [4.78, 5) is 17.1. The van der Waals surface area contributed by atoms with E-state index in [-0.39, 0.29) is 11.9 Å². The van der Waals surface area contributed by atoms with Crippen molar-refractivity contribution in [2.75, 3.05) is 13.1 Å². The first-order valence-electron chi connectivity index (χ1n) is 7.68. The Labute approximate surface area is 129 Å². The normalized spacial score (nSPS) is 21.2. The van der Waals surface area contributed by atoms with Crippen LogP contribution in [0, 0.1) is 6.92 Å². The molecule has 2 unspecified atom stereocenters. The van der Waals surface area contributed by atoms with Gasteiger partial charge in [-0.15, -0.1) is 0 Å². The first kappa shape index (κ1) is 14.9. The van der Waals surface area contributed by atoms with Gasteiger partial charge in [-0.25, -0.2) is 0 Å². The molecule has 2 aromatic rings. The number of fused-ring (bicyclic) bond motifs is 1. The Bertz CT molecular complexity index is 714. The zero-order valence-corrected chi connectivity index (χ0v) is 12.9. The molecule has 2 atom stereocenters. The van der Waals surface area contributed by atoms with E-state index in [9.17, 15) is 9.90 Å². The van der Waals surface area contributed by atoms with Crippen LogP contribution in [-0.4, -0.2) is 41.2 Å². The number of hydrogen-bond donors (Lipinski definition) is 3. The van der Waals surface area contributed by atoms with E-state index in [0.717, 1.165) is 23.0 Å². The van der Waals surface area contributed by atoms with E-state index in [0.29, 0.717) is 18.7 Å². The lowest BCUT2D eigenvalue weighted by molar-refractivity contribution is 0.0890. The van der Waals surface area contributed by atoms with Crippen LogP contribution in [0.3, 0.4) is 0 Å². The zero-order valence-electron chi connectivity index (χ0n) is 12.9. The molecule has 1 amide bonds. The average Bonchev–Trinajstić information content (AvgIpc) is 2.91. The third-order valence-corrected chi connectivity index (χ3v) is 4.15. The summed E-state index contributed by atoms with van der Waals surface area (Å²) in [5.74, 6) is -0.156. The van der Waals surface area contributed by atoms with Crippen LogP contribution in [-0.2, 0) is 6.42 Å². The quantitative estimate of drug-likeness (QED) is 0.795. The molecule has 0 saturated carbocycles. The van der Waals surface area contributed by atoms with Gasteiger partial charge in [-0.05, 0) is 37.1 Å². The number of rotatable bonds is 3. The third kappa shape index (κ3) is 2.82. The first-order chi connectivity index (χ1) is 10.6. The molecule has 5 heteroatoms. The molecule has 1 saturated heterocycles. The number of carbonyl (C=O) groups excluding carboxylic acids is 1. The second-order valence-corrected chi connectivity index (χ2v) is 5.82. The van der Waals surface area contributed by atoms with Gasteiger partial charge in [0.2, 0.25) is 0 Å². The third-order valence-electron chi connectivity index (χ3n) is 4.15. The topological polar surface area (TPSA) is 74.2 Å². The van der Waals surface area contributed by atoms with Crippen LogP contribution in [0.5, 0.6) is 0 Å². The average molecular weight is 299 g/mol. The molecule has 2 heterocycles. The van der Waals surface area contributed by atoms with Crippen LogP contribution >= 0.6 is 0 Å². The van der Waals surface area contributed by atoms with Crippen LogP contribution in [0.2, 0.25) is 0 Å². The molecule has 1 aromatic heterocycles. The van der Waals surface area contributed by atoms with Crippen LogP contribution in [0.4, 0.5) is 0 Å². The Kier molecular flexibility index (Phi) is 4.09. The van der Waals surface area contributed by atoms with Gasteiger partial charge < -0.3 is 15.7 Å². The Morgan fingerprint density at radius 3 is 2.91 bits per heavy atom. The van der Waals surface area contributed by atoms with Gasteiger partial charge in [0.25, 0.3) is 5.91 Å².